The van der Waals surface area contributed by atoms with Crippen molar-refractivity contribution < 1.29 is 12.8 Å². The molecule has 0 amide bonds. The molecule has 0 spiro atoms. The summed E-state index contributed by atoms with van der Waals surface area (Å²) in [6.07, 6.45) is 0. The minimum atomic E-state index is -3.30. The highest BCUT2D eigenvalue weighted by Crippen LogP contribution is 2.25. The molecule has 0 fully saturated rings. The second kappa shape index (κ2) is 5.98. The lowest BCUT2D eigenvalue weighted by Gasteiger charge is -2.16. The van der Waals surface area contributed by atoms with Crippen molar-refractivity contribution in [3.05, 3.63) is 54.3 Å². The Hall–Kier alpha value is -1.68. The van der Waals surface area contributed by atoms with Crippen molar-refractivity contribution in [3.63, 3.8) is 0 Å². The Morgan fingerprint density at radius 2 is 1.24 bits per heavy atom. The lowest BCUT2D eigenvalue weighted by molar-refractivity contribution is 0.546. The van der Waals surface area contributed by atoms with Gasteiger partial charge in [0.05, 0.1) is 10.1 Å². The molecule has 2 rings (SSSR count). The van der Waals surface area contributed by atoms with Crippen molar-refractivity contribution in [1.82, 2.24) is 0 Å². The van der Waals surface area contributed by atoms with Gasteiger partial charge in [0.15, 0.2) is 9.84 Å². The van der Waals surface area contributed by atoms with Gasteiger partial charge in [-0.05, 0) is 48.2 Å². The number of sulfone groups is 1. The Morgan fingerprint density at radius 3 is 1.67 bits per heavy atom. The molecule has 4 heteroatoms. The largest absolute Gasteiger partial charge is 0.223 e. The van der Waals surface area contributed by atoms with Gasteiger partial charge < -0.3 is 0 Å². The molecule has 0 radical (unpaired) electrons. The summed E-state index contributed by atoms with van der Waals surface area (Å²) in [4.78, 5) is 0.328. The number of hydrogen-bond donors (Lipinski definition) is 0. The summed E-state index contributed by atoms with van der Waals surface area (Å²) in [5.74, 6) is -0.226. The first-order valence-corrected chi connectivity index (χ1v) is 8.47. The highest BCUT2D eigenvalue weighted by molar-refractivity contribution is 7.92. The van der Waals surface area contributed by atoms with Gasteiger partial charge in [-0.3, -0.25) is 0 Å². The van der Waals surface area contributed by atoms with Gasteiger partial charge in [-0.25, -0.2) is 12.8 Å². The fourth-order valence-electron chi connectivity index (χ4n) is 2.05. The van der Waals surface area contributed by atoms with Crippen LogP contribution in [0.3, 0.4) is 0 Å². The average molecular weight is 306 g/mol. The third-order valence-corrected chi connectivity index (χ3v) is 6.24. The molecule has 21 heavy (non-hydrogen) atoms. The first-order chi connectivity index (χ1) is 9.82. The predicted octanol–water partition coefficient (Wildman–Crippen LogP) is 4.31. The van der Waals surface area contributed by atoms with Crippen LogP contribution in [0.2, 0.25) is 0 Å². The van der Waals surface area contributed by atoms with Crippen LogP contribution in [0.1, 0.15) is 20.8 Å². The summed E-state index contributed by atoms with van der Waals surface area (Å²) < 4.78 is 37.7. The van der Waals surface area contributed by atoms with Gasteiger partial charge in [0.2, 0.25) is 0 Å². The summed E-state index contributed by atoms with van der Waals surface area (Å²) in [5.41, 5.74) is 1.73. The summed E-state index contributed by atoms with van der Waals surface area (Å²) in [6, 6.07) is 12.9. The topological polar surface area (TPSA) is 34.1 Å². The highest BCUT2D eigenvalue weighted by Gasteiger charge is 2.25. The van der Waals surface area contributed by atoms with E-state index in [4.69, 9.17) is 0 Å². The summed E-state index contributed by atoms with van der Waals surface area (Å²) >= 11 is 0. The van der Waals surface area contributed by atoms with E-state index in [2.05, 4.69) is 0 Å². The molecule has 0 bridgehead atoms. The average Bonchev–Trinajstić information content (AvgIpc) is 2.47. The molecule has 0 saturated carbocycles. The van der Waals surface area contributed by atoms with Crippen molar-refractivity contribution in [2.75, 3.05) is 0 Å². The summed E-state index contributed by atoms with van der Waals surface area (Å²) in [7, 11) is -3.30. The zero-order chi connectivity index (χ0) is 15.6. The van der Waals surface area contributed by atoms with Gasteiger partial charge >= 0.3 is 0 Å². The molecule has 0 aliphatic heterocycles. The predicted molar refractivity (Wildman–Crippen MR) is 83.3 cm³/mol. The van der Waals surface area contributed by atoms with Crippen molar-refractivity contribution >= 4 is 9.84 Å². The zero-order valence-electron chi connectivity index (χ0n) is 12.4. The monoisotopic (exact) mass is 306 g/mol. The van der Waals surface area contributed by atoms with E-state index < -0.39 is 15.1 Å². The Kier molecular flexibility index (Phi) is 4.47. The molecule has 0 saturated heterocycles. The Balaban J connectivity index is 2.33. The second-order valence-electron chi connectivity index (χ2n) is 5.53. The first-order valence-electron chi connectivity index (χ1n) is 6.92. The third-order valence-electron chi connectivity index (χ3n) is 3.79. The van der Waals surface area contributed by atoms with Crippen LogP contribution >= 0.6 is 0 Å². The molecule has 0 aromatic heterocycles. The van der Waals surface area contributed by atoms with Crippen molar-refractivity contribution in [1.29, 1.82) is 0 Å². The van der Waals surface area contributed by atoms with Crippen LogP contribution in [0, 0.1) is 11.7 Å². The standard InChI is InChI=1S/C17H19FO2S/c1-12(2)13(3)21(19,20)17-10-6-15(7-11-17)14-4-8-16(18)9-5-14/h4-13H,1-3H3. The van der Waals surface area contributed by atoms with Gasteiger partial charge in [0, 0.05) is 0 Å². The van der Waals surface area contributed by atoms with E-state index in [1.807, 2.05) is 13.8 Å². The van der Waals surface area contributed by atoms with Gasteiger partial charge in [0.25, 0.3) is 0 Å². The maximum absolute atomic E-state index is 12.9. The maximum Gasteiger partial charge on any atom is 0.181 e. The van der Waals surface area contributed by atoms with Crippen LogP contribution in [-0.2, 0) is 9.84 Å². The molecule has 2 aromatic carbocycles. The first kappa shape index (κ1) is 15.7. The van der Waals surface area contributed by atoms with Crippen molar-refractivity contribution in [2.45, 2.75) is 30.9 Å². The minimum Gasteiger partial charge on any atom is -0.223 e. The van der Waals surface area contributed by atoms with E-state index in [1.165, 1.54) is 12.1 Å². The van der Waals surface area contributed by atoms with Gasteiger partial charge in [-0.2, -0.15) is 0 Å². The van der Waals surface area contributed by atoms with E-state index in [-0.39, 0.29) is 11.7 Å². The SMILES string of the molecule is CC(C)C(C)S(=O)(=O)c1ccc(-c2ccc(F)cc2)cc1. The maximum atomic E-state index is 12.9. The quantitative estimate of drug-likeness (QED) is 0.843. The fraction of sp³-hybridized carbons (Fsp3) is 0.294. The van der Waals surface area contributed by atoms with Crippen LogP contribution in [0.4, 0.5) is 4.39 Å². The van der Waals surface area contributed by atoms with E-state index in [0.29, 0.717) is 4.90 Å². The lowest BCUT2D eigenvalue weighted by atomic mass is 10.1. The summed E-state index contributed by atoms with van der Waals surface area (Å²) in [6.45, 7) is 5.53. The van der Waals surface area contributed by atoms with Crippen LogP contribution in [0.5, 0.6) is 0 Å². The molecule has 1 unspecified atom stereocenters. The van der Waals surface area contributed by atoms with Crippen LogP contribution in [0.15, 0.2) is 53.4 Å². The molecule has 112 valence electrons. The van der Waals surface area contributed by atoms with Gasteiger partial charge in [-0.15, -0.1) is 0 Å². The van der Waals surface area contributed by atoms with Gasteiger partial charge in [-0.1, -0.05) is 38.1 Å². The van der Waals surface area contributed by atoms with E-state index in [1.54, 1.807) is 43.3 Å². The molecule has 0 N–H and O–H groups in total. The molecular weight excluding hydrogens is 287 g/mol. The fourth-order valence-corrected chi connectivity index (χ4v) is 3.71. The van der Waals surface area contributed by atoms with Crippen LogP contribution < -0.4 is 0 Å². The second-order valence-corrected chi connectivity index (χ2v) is 7.83. The van der Waals surface area contributed by atoms with Crippen LogP contribution in [-0.4, -0.2) is 13.7 Å². The van der Waals surface area contributed by atoms with Gasteiger partial charge in [0.1, 0.15) is 5.82 Å². The molecular formula is C17H19FO2S. The molecule has 0 heterocycles. The van der Waals surface area contributed by atoms with Crippen molar-refractivity contribution in [2.24, 2.45) is 5.92 Å². The van der Waals surface area contributed by atoms with Crippen LogP contribution in [0.25, 0.3) is 11.1 Å². The van der Waals surface area contributed by atoms with E-state index >= 15 is 0 Å². The Morgan fingerprint density at radius 1 is 0.810 bits per heavy atom. The molecule has 2 nitrogen and oxygen atoms in total. The number of rotatable bonds is 4. The highest BCUT2D eigenvalue weighted by atomic mass is 32.2. The lowest BCUT2D eigenvalue weighted by Crippen LogP contribution is -2.23. The third kappa shape index (κ3) is 3.32. The van der Waals surface area contributed by atoms with Crippen molar-refractivity contribution in [3.8, 4) is 11.1 Å². The Labute approximate surface area is 125 Å². The molecule has 0 aliphatic rings. The molecule has 0 aliphatic carbocycles. The number of benzene rings is 2. The summed E-state index contributed by atoms with van der Waals surface area (Å²) in [5, 5.41) is -0.422. The minimum absolute atomic E-state index is 0.0618. The smallest absolute Gasteiger partial charge is 0.181 e. The molecule has 2 aromatic rings. The van der Waals surface area contributed by atoms with E-state index in [0.717, 1.165) is 11.1 Å². The van der Waals surface area contributed by atoms with E-state index in [9.17, 15) is 12.8 Å². The number of halogens is 1. The zero-order valence-corrected chi connectivity index (χ0v) is 13.2. The molecule has 1 atom stereocenters. The normalized spacial score (nSPS) is 13.4. The number of hydrogen-bond acceptors (Lipinski definition) is 2. The Bertz CT molecular complexity index is 701.